The molecule has 1 aliphatic rings. The Balaban J connectivity index is 2.01. The molecule has 2 aromatic heterocycles. The third kappa shape index (κ3) is 1.07. The van der Waals surface area contributed by atoms with Crippen LogP contribution in [0.5, 0.6) is 0 Å². The minimum Gasteiger partial charge on any atom is -0.385 e. The lowest BCUT2D eigenvalue weighted by molar-refractivity contribution is 0.949. The molecule has 4 N–H and O–H groups in total. The number of nitrogens with one attached hydrogen (secondary N) is 2. The Morgan fingerprint density at radius 1 is 1.07 bits per heavy atom. The average molecular weight is 190 g/mol. The number of nitrogens with zero attached hydrogens (tertiary/aromatic N) is 1. The van der Waals surface area contributed by atoms with Gasteiger partial charge in [-0.15, -0.1) is 0 Å². The summed E-state index contributed by atoms with van der Waals surface area (Å²) in [7, 11) is 0. The second-order valence-electron chi connectivity index (χ2n) is 3.90. The van der Waals surface area contributed by atoms with E-state index in [1.807, 2.05) is 6.07 Å². The second kappa shape index (κ2) is 2.70. The van der Waals surface area contributed by atoms with E-state index in [1.54, 1.807) is 0 Å². The summed E-state index contributed by atoms with van der Waals surface area (Å²) < 4.78 is 0. The van der Waals surface area contributed by atoms with Gasteiger partial charge in [-0.3, -0.25) is 0 Å². The first kappa shape index (κ1) is 7.79. The zero-order valence-corrected chi connectivity index (χ0v) is 8.01. The van der Waals surface area contributed by atoms with Gasteiger partial charge in [-0.2, -0.15) is 0 Å². The maximum Gasteiger partial charge on any atom is 0.108 e. The molecule has 0 aromatic carbocycles. The maximum absolute atomic E-state index is 5.65. The van der Waals surface area contributed by atoms with Crippen LogP contribution in [0, 0.1) is 0 Å². The van der Waals surface area contributed by atoms with Gasteiger partial charge in [0.1, 0.15) is 11.6 Å². The van der Waals surface area contributed by atoms with Crippen LogP contribution in [0.2, 0.25) is 0 Å². The van der Waals surface area contributed by atoms with Gasteiger partial charge in [-0.1, -0.05) is 0 Å². The van der Waals surface area contributed by atoms with Crippen LogP contribution in [-0.2, 0) is 0 Å². The van der Waals surface area contributed by atoms with Gasteiger partial charge in [-0.25, -0.2) is 0 Å². The molecular formula is C10H14N4. The van der Waals surface area contributed by atoms with E-state index in [9.17, 15) is 0 Å². The molecule has 74 valence electrons. The molecule has 2 aromatic rings. The lowest BCUT2D eigenvalue weighted by Gasteiger charge is -2.14. The molecule has 0 bridgehead atoms. The molecule has 3 heterocycles. The fourth-order valence-electron chi connectivity index (χ4n) is 2.15. The van der Waals surface area contributed by atoms with Crippen molar-refractivity contribution in [2.45, 2.75) is 12.8 Å². The molecule has 14 heavy (non-hydrogen) atoms. The monoisotopic (exact) mass is 190 g/mol. The molecule has 3 rings (SSSR count). The van der Waals surface area contributed by atoms with Crippen LogP contribution in [0.1, 0.15) is 12.8 Å². The first-order chi connectivity index (χ1) is 6.83. The van der Waals surface area contributed by atoms with Crippen molar-refractivity contribution >= 4 is 22.7 Å². The van der Waals surface area contributed by atoms with Crippen molar-refractivity contribution in [1.82, 2.24) is 9.97 Å². The lowest BCUT2D eigenvalue weighted by atomic mass is 10.4. The topological polar surface area (TPSA) is 60.8 Å². The molecular weight excluding hydrogens is 176 g/mol. The van der Waals surface area contributed by atoms with Crippen molar-refractivity contribution in [1.29, 1.82) is 0 Å². The van der Waals surface area contributed by atoms with Gasteiger partial charge in [0.05, 0.1) is 11.0 Å². The molecule has 0 amide bonds. The molecule has 0 radical (unpaired) electrons. The first-order valence-electron chi connectivity index (χ1n) is 5.05. The predicted molar refractivity (Wildman–Crippen MR) is 58.5 cm³/mol. The van der Waals surface area contributed by atoms with Gasteiger partial charge in [0.2, 0.25) is 0 Å². The Morgan fingerprint density at radius 3 is 2.50 bits per heavy atom. The zero-order valence-electron chi connectivity index (χ0n) is 8.01. The molecule has 1 aliphatic heterocycles. The molecule has 0 spiro atoms. The summed E-state index contributed by atoms with van der Waals surface area (Å²) in [6, 6.07) is 4.08. The maximum atomic E-state index is 5.65. The van der Waals surface area contributed by atoms with Gasteiger partial charge in [0.25, 0.3) is 0 Å². The summed E-state index contributed by atoms with van der Waals surface area (Å²) in [6.07, 6.45) is 2.60. The van der Waals surface area contributed by atoms with E-state index in [1.165, 1.54) is 31.7 Å². The van der Waals surface area contributed by atoms with Crippen LogP contribution < -0.4 is 10.6 Å². The van der Waals surface area contributed by atoms with E-state index in [4.69, 9.17) is 5.73 Å². The van der Waals surface area contributed by atoms with Crippen molar-refractivity contribution in [3.8, 4) is 0 Å². The van der Waals surface area contributed by atoms with Gasteiger partial charge < -0.3 is 20.6 Å². The van der Waals surface area contributed by atoms with Gasteiger partial charge in [-0.05, 0) is 12.8 Å². The summed E-state index contributed by atoms with van der Waals surface area (Å²) >= 11 is 0. The second-order valence-corrected chi connectivity index (χ2v) is 3.90. The molecule has 0 aliphatic carbocycles. The highest BCUT2D eigenvalue weighted by Gasteiger charge is 2.14. The van der Waals surface area contributed by atoms with Crippen molar-refractivity contribution in [2.75, 3.05) is 23.7 Å². The Bertz CT molecular complexity index is 416. The summed E-state index contributed by atoms with van der Waals surface area (Å²) in [5.74, 6) is 1.93. The van der Waals surface area contributed by atoms with E-state index < -0.39 is 0 Å². The molecule has 0 unspecified atom stereocenters. The smallest absolute Gasteiger partial charge is 0.108 e. The summed E-state index contributed by atoms with van der Waals surface area (Å²) in [6.45, 7) is 2.33. The quantitative estimate of drug-likeness (QED) is 0.640. The fourth-order valence-corrected chi connectivity index (χ4v) is 2.15. The van der Waals surface area contributed by atoms with E-state index in [0.29, 0.717) is 0 Å². The van der Waals surface area contributed by atoms with Crippen molar-refractivity contribution in [3.63, 3.8) is 0 Å². The number of hydrogen-bond acceptors (Lipinski definition) is 2. The summed E-state index contributed by atoms with van der Waals surface area (Å²) in [5, 5.41) is 0. The fraction of sp³-hybridized carbons (Fsp3) is 0.400. The Morgan fingerprint density at radius 2 is 1.79 bits per heavy atom. The molecule has 1 fully saturated rings. The largest absolute Gasteiger partial charge is 0.385 e. The van der Waals surface area contributed by atoms with Crippen LogP contribution in [0.3, 0.4) is 0 Å². The number of aromatic nitrogens is 2. The number of fused-ring (bicyclic) bond motifs is 1. The van der Waals surface area contributed by atoms with Crippen LogP contribution in [0.4, 0.5) is 11.6 Å². The summed E-state index contributed by atoms with van der Waals surface area (Å²) in [4.78, 5) is 8.87. The Labute approximate surface area is 82.1 Å². The van der Waals surface area contributed by atoms with Crippen molar-refractivity contribution < 1.29 is 0 Å². The minimum atomic E-state index is 0.722. The number of nitrogen functional groups attached to an aromatic ring is 1. The number of nitrogens with two attached hydrogens (primary N) is 1. The highest BCUT2D eigenvalue weighted by molar-refractivity contribution is 5.84. The Hall–Kier alpha value is -1.58. The van der Waals surface area contributed by atoms with Crippen LogP contribution in [0.15, 0.2) is 12.1 Å². The first-order valence-corrected chi connectivity index (χ1v) is 5.05. The minimum absolute atomic E-state index is 0.722. The molecule has 0 saturated carbocycles. The SMILES string of the molecule is Nc1cc2[nH]c(N3CCCC3)cc2[nH]1. The zero-order chi connectivity index (χ0) is 9.54. The number of hydrogen-bond donors (Lipinski definition) is 3. The van der Waals surface area contributed by atoms with E-state index in [-0.39, 0.29) is 0 Å². The lowest BCUT2D eigenvalue weighted by Crippen LogP contribution is -2.17. The predicted octanol–water partition coefficient (Wildman–Crippen LogP) is 1.68. The average Bonchev–Trinajstić information content (AvgIpc) is 2.74. The van der Waals surface area contributed by atoms with Gasteiger partial charge >= 0.3 is 0 Å². The molecule has 1 saturated heterocycles. The van der Waals surface area contributed by atoms with E-state index in [2.05, 4.69) is 20.9 Å². The third-order valence-electron chi connectivity index (χ3n) is 2.86. The molecule has 4 heteroatoms. The van der Waals surface area contributed by atoms with Crippen molar-refractivity contribution in [3.05, 3.63) is 12.1 Å². The van der Waals surface area contributed by atoms with Crippen LogP contribution in [0.25, 0.3) is 11.0 Å². The van der Waals surface area contributed by atoms with E-state index in [0.717, 1.165) is 16.9 Å². The molecule has 4 nitrogen and oxygen atoms in total. The number of anilines is 2. The normalized spacial score (nSPS) is 17.0. The van der Waals surface area contributed by atoms with Crippen LogP contribution >= 0.6 is 0 Å². The number of aromatic amines is 2. The van der Waals surface area contributed by atoms with Crippen molar-refractivity contribution in [2.24, 2.45) is 0 Å². The standard InChI is InChI=1S/C10H14N4/c11-9-5-7-8(12-9)6-10(13-7)14-3-1-2-4-14/h5-6,12-13H,1-4,11H2. The third-order valence-corrected chi connectivity index (χ3v) is 2.86. The van der Waals surface area contributed by atoms with Gasteiger partial charge in [0.15, 0.2) is 0 Å². The molecule has 0 atom stereocenters. The highest BCUT2D eigenvalue weighted by atomic mass is 15.2. The highest BCUT2D eigenvalue weighted by Crippen LogP contribution is 2.25. The number of rotatable bonds is 1. The van der Waals surface area contributed by atoms with Crippen LogP contribution in [-0.4, -0.2) is 23.1 Å². The van der Waals surface area contributed by atoms with E-state index >= 15 is 0 Å². The summed E-state index contributed by atoms with van der Waals surface area (Å²) in [5.41, 5.74) is 7.85. The Kier molecular flexibility index (Phi) is 1.50. The number of H-pyrrole nitrogens is 2. The van der Waals surface area contributed by atoms with Gasteiger partial charge in [0, 0.05) is 25.2 Å².